The van der Waals surface area contributed by atoms with E-state index in [-0.39, 0.29) is 0 Å². The summed E-state index contributed by atoms with van der Waals surface area (Å²) < 4.78 is 27.3. The van der Waals surface area contributed by atoms with Crippen molar-refractivity contribution in [3.8, 4) is 0 Å². The molecule has 1 aliphatic heterocycles. The molecule has 0 amide bonds. The maximum absolute atomic E-state index is 11.9. The molecule has 0 spiro atoms. The summed E-state index contributed by atoms with van der Waals surface area (Å²) in [6.07, 6.45) is 2.98. The molecule has 0 bridgehead atoms. The number of aliphatic hydroxyl groups is 1. The summed E-state index contributed by atoms with van der Waals surface area (Å²) in [7, 11) is -0.597. The third-order valence-corrected chi connectivity index (χ3v) is 6.31. The molecule has 8 nitrogen and oxygen atoms in total. The summed E-state index contributed by atoms with van der Waals surface area (Å²) in [5, 5.41) is 10.6. The van der Waals surface area contributed by atoms with Crippen molar-refractivity contribution in [2.75, 3.05) is 56.4 Å². The first-order valence-corrected chi connectivity index (χ1v) is 10.6. The molecule has 1 unspecified atom stereocenters. The molecule has 28 heavy (non-hydrogen) atoms. The van der Waals surface area contributed by atoms with Gasteiger partial charge < -0.3 is 10.0 Å². The molecule has 1 aromatic carbocycles. The third-order valence-electron chi connectivity index (χ3n) is 4.85. The van der Waals surface area contributed by atoms with Crippen LogP contribution in [-0.2, 0) is 10.2 Å². The van der Waals surface area contributed by atoms with Gasteiger partial charge in [0.25, 0.3) is 0 Å². The Kier molecular flexibility index (Phi) is 6.50. The molecule has 9 heteroatoms. The smallest absolute Gasteiger partial charge is 0.301 e. The Bertz CT molecular complexity index is 851. The molecule has 1 fully saturated rings. The molecule has 152 valence electrons. The maximum Gasteiger partial charge on any atom is 0.301 e. The van der Waals surface area contributed by atoms with Gasteiger partial charge in [-0.25, -0.2) is 0 Å². The number of rotatable bonds is 7. The van der Waals surface area contributed by atoms with Gasteiger partial charge in [-0.1, -0.05) is 12.1 Å². The lowest BCUT2D eigenvalue weighted by molar-refractivity contribution is 0.109. The van der Waals surface area contributed by atoms with E-state index in [0.29, 0.717) is 12.2 Å². The van der Waals surface area contributed by atoms with Crippen molar-refractivity contribution in [2.45, 2.75) is 6.10 Å². The van der Waals surface area contributed by atoms with Crippen LogP contribution in [0, 0.1) is 0 Å². The molecule has 2 aromatic rings. The quantitative estimate of drug-likeness (QED) is 0.719. The van der Waals surface area contributed by atoms with Crippen molar-refractivity contribution in [2.24, 2.45) is 0 Å². The number of aromatic nitrogens is 1. The number of hydrogen-bond acceptors (Lipinski definition) is 6. The number of anilines is 2. The van der Waals surface area contributed by atoms with Crippen molar-refractivity contribution >= 4 is 21.6 Å². The van der Waals surface area contributed by atoms with Crippen LogP contribution in [0.5, 0.6) is 0 Å². The van der Waals surface area contributed by atoms with Gasteiger partial charge in [0.1, 0.15) is 0 Å². The van der Waals surface area contributed by atoms with Gasteiger partial charge in [-0.2, -0.15) is 12.7 Å². The average Bonchev–Trinajstić information content (AvgIpc) is 2.69. The number of piperazine rings is 1. The standard InChI is InChI=1S/C19H27N5O3S/c1-22(2)28(26,27)21-17-5-3-16(4-6-17)19(25)15-23-11-13-24(14-12-23)18-7-9-20-10-8-18/h3-10,19,21,25H,11-15H2,1-2H3. The van der Waals surface area contributed by atoms with E-state index in [9.17, 15) is 13.5 Å². The van der Waals surface area contributed by atoms with Gasteiger partial charge in [-0.05, 0) is 29.8 Å². The highest BCUT2D eigenvalue weighted by Crippen LogP contribution is 2.20. The first kappa shape index (κ1) is 20.5. The van der Waals surface area contributed by atoms with Crippen LogP contribution in [0.4, 0.5) is 11.4 Å². The van der Waals surface area contributed by atoms with Crippen LogP contribution in [0.2, 0.25) is 0 Å². The van der Waals surface area contributed by atoms with Crippen molar-refractivity contribution < 1.29 is 13.5 Å². The average molecular weight is 406 g/mol. The number of nitrogens with zero attached hydrogens (tertiary/aromatic N) is 4. The van der Waals surface area contributed by atoms with E-state index in [1.54, 1.807) is 36.7 Å². The van der Waals surface area contributed by atoms with Crippen LogP contribution in [0.3, 0.4) is 0 Å². The minimum absolute atomic E-state index is 0.468. The summed E-state index contributed by atoms with van der Waals surface area (Å²) >= 11 is 0. The Morgan fingerprint density at radius 1 is 1.07 bits per heavy atom. The topological polar surface area (TPSA) is 89.0 Å². The van der Waals surface area contributed by atoms with Gasteiger partial charge in [-0.15, -0.1) is 0 Å². The van der Waals surface area contributed by atoms with E-state index in [2.05, 4.69) is 19.5 Å². The van der Waals surface area contributed by atoms with E-state index >= 15 is 0 Å². The van der Waals surface area contributed by atoms with Gasteiger partial charge in [0.15, 0.2) is 0 Å². The zero-order valence-corrected chi connectivity index (χ0v) is 17.0. The number of aliphatic hydroxyl groups excluding tert-OH is 1. The first-order valence-electron chi connectivity index (χ1n) is 9.21. The second-order valence-electron chi connectivity index (χ2n) is 7.02. The van der Waals surface area contributed by atoms with Crippen LogP contribution in [-0.4, -0.2) is 74.5 Å². The van der Waals surface area contributed by atoms with E-state index in [1.807, 2.05) is 12.1 Å². The Morgan fingerprint density at radius 2 is 1.68 bits per heavy atom. The molecule has 1 aromatic heterocycles. The summed E-state index contributed by atoms with van der Waals surface area (Å²) in [5.74, 6) is 0. The Hall–Kier alpha value is -2.20. The van der Waals surface area contributed by atoms with Gasteiger partial charge >= 0.3 is 10.2 Å². The van der Waals surface area contributed by atoms with Gasteiger partial charge in [0.2, 0.25) is 0 Å². The summed E-state index contributed by atoms with van der Waals surface area (Å²) in [6, 6.07) is 10.9. The largest absolute Gasteiger partial charge is 0.387 e. The van der Waals surface area contributed by atoms with Crippen LogP contribution in [0.1, 0.15) is 11.7 Å². The molecule has 0 radical (unpaired) electrons. The van der Waals surface area contributed by atoms with Crippen LogP contribution < -0.4 is 9.62 Å². The van der Waals surface area contributed by atoms with E-state index < -0.39 is 16.3 Å². The lowest BCUT2D eigenvalue weighted by atomic mass is 10.1. The zero-order valence-electron chi connectivity index (χ0n) is 16.2. The molecule has 3 rings (SSSR count). The van der Waals surface area contributed by atoms with Crippen molar-refractivity contribution in [3.63, 3.8) is 0 Å². The molecule has 0 saturated carbocycles. The predicted molar refractivity (Wildman–Crippen MR) is 111 cm³/mol. The molecule has 1 saturated heterocycles. The maximum atomic E-state index is 11.9. The fourth-order valence-electron chi connectivity index (χ4n) is 3.11. The SMILES string of the molecule is CN(C)S(=O)(=O)Nc1ccc(C(O)CN2CCN(c3ccncc3)CC2)cc1. The zero-order chi connectivity index (χ0) is 20.1. The monoisotopic (exact) mass is 405 g/mol. The Balaban J connectivity index is 1.52. The normalized spacial score (nSPS) is 16.9. The molecule has 2 heterocycles. The highest BCUT2D eigenvalue weighted by atomic mass is 32.2. The second kappa shape index (κ2) is 8.87. The second-order valence-corrected chi connectivity index (χ2v) is 8.90. The fourth-order valence-corrected chi connectivity index (χ4v) is 3.72. The highest BCUT2D eigenvalue weighted by molar-refractivity contribution is 7.90. The molecular formula is C19H27N5O3S. The van der Waals surface area contributed by atoms with Crippen LogP contribution in [0.15, 0.2) is 48.8 Å². The van der Waals surface area contributed by atoms with Crippen molar-refractivity contribution in [3.05, 3.63) is 54.4 Å². The van der Waals surface area contributed by atoms with Gasteiger partial charge in [0, 0.05) is 70.6 Å². The first-order chi connectivity index (χ1) is 13.3. The lowest BCUT2D eigenvalue weighted by Crippen LogP contribution is -2.47. The van der Waals surface area contributed by atoms with E-state index in [4.69, 9.17) is 0 Å². The number of benzene rings is 1. The Morgan fingerprint density at radius 3 is 2.25 bits per heavy atom. The Labute approximate surface area is 166 Å². The predicted octanol–water partition coefficient (Wildman–Crippen LogP) is 1.16. The van der Waals surface area contributed by atoms with Crippen LogP contribution in [0.25, 0.3) is 0 Å². The highest BCUT2D eigenvalue weighted by Gasteiger charge is 2.20. The number of β-amino-alcohol motifs (C(OH)–C–C–N with tert-alkyl or cyclic N) is 1. The summed E-state index contributed by atoms with van der Waals surface area (Å²) in [6.45, 7) is 4.11. The fraction of sp³-hybridized carbons (Fsp3) is 0.421. The lowest BCUT2D eigenvalue weighted by Gasteiger charge is -2.36. The van der Waals surface area contributed by atoms with E-state index in [0.717, 1.165) is 36.0 Å². The van der Waals surface area contributed by atoms with Gasteiger partial charge in [-0.3, -0.25) is 14.6 Å². The summed E-state index contributed by atoms with van der Waals surface area (Å²) in [4.78, 5) is 8.61. The van der Waals surface area contributed by atoms with E-state index in [1.165, 1.54) is 19.8 Å². The molecular weight excluding hydrogens is 378 g/mol. The molecule has 1 aliphatic rings. The van der Waals surface area contributed by atoms with Crippen molar-refractivity contribution in [1.29, 1.82) is 0 Å². The number of hydrogen-bond donors (Lipinski definition) is 2. The molecule has 2 N–H and O–H groups in total. The third kappa shape index (κ3) is 5.20. The molecule has 1 atom stereocenters. The van der Waals surface area contributed by atoms with Crippen LogP contribution >= 0.6 is 0 Å². The van der Waals surface area contributed by atoms with Gasteiger partial charge in [0.05, 0.1) is 6.10 Å². The summed E-state index contributed by atoms with van der Waals surface area (Å²) in [5.41, 5.74) is 2.41. The molecule has 0 aliphatic carbocycles. The minimum atomic E-state index is -3.53. The number of pyridine rings is 1. The van der Waals surface area contributed by atoms with Crippen molar-refractivity contribution in [1.82, 2.24) is 14.2 Å². The number of nitrogens with one attached hydrogen (secondary N) is 1. The minimum Gasteiger partial charge on any atom is -0.387 e.